The van der Waals surface area contributed by atoms with Gasteiger partial charge in [0.05, 0.1) is 0 Å². The highest BCUT2D eigenvalue weighted by atomic mass is 19.4. The lowest BCUT2D eigenvalue weighted by molar-refractivity contribution is -0.243. The second-order valence-corrected chi connectivity index (χ2v) is 2.62. The molecule has 0 aromatic rings. The van der Waals surface area contributed by atoms with E-state index in [0.717, 1.165) is 0 Å². The molecule has 1 aliphatic rings. The minimum atomic E-state index is -4.49. The molecule has 0 aromatic carbocycles. The van der Waals surface area contributed by atoms with Crippen molar-refractivity contribution in [1.29, 1.82) is 0 Å². The van der Waals surface area contributed by atoms with Crippen LogP contribution in [-0.2, 0) is 4.79 Å². The van der Waals surface area contributed by atoms with Crippen molar-refractivity contribution < 1.29 is 18.0 Å². The number of alkyl halides is 3. The predicted molar refractivity (Wildman–Crippen MR) is 31.6 cm³/mol. The van der Waals surface area contributed by atoms with Gasteiger partial charge in [-0.05, 0) is 13.3 Å². The van der Waals surface area contributed by atoms with Crippen LogP contribution in [0.5, 0.6) is 0 Å². The molecule has 0 N–H and O–H groups in total. The molecular weight excluding hydrogens is 159 g/mol. The molecule has 1 atom stereocenters. The zero-order valence-electron chi connectivity index (χ0n) is 5.98. The van der Waals surface area contributed by atoms with Gasteiger partial charge in [-0.3, -0.25) is 9.69 Å². The number of amides is 1. The third-order valence-electron chi connectivity index (χ3n) is 1.76. The minimum Gasteiger partial charge on any atom is -0.275 e. The van der Waals surface area contributed by atoms with Crippen LogP contribution in [0.1, 0.15) is 19.8 Å². The first kappa shape index (κ1) is 8.36. The van der Waals surface area contributed by atoms with E-state index in [4.69, 9.17) is 0 Å². The van der Waals surface area contributed by atoms with Crippen LogP contribution >= 0.6 is 0 Å². The Morgan fingerprint density at radius 1 is 1.55 bits per heavy atom. The number of carbonyl (C=O) groups excluding carboxylic acids is 1. The third kappa shape index (κ3) is 1.46. The van der Waals surface area contributed by atoms with Gasteiger partial charge in [0.1, 0.15) is 0 Å². The van der Waals surface area contributed by atoms with E-state index >= 15 is 0 Å². The van der Waals surface area contributed by atoms with Gasteiger partial charge < -0.3 is 0 Å². The summed E-state index contributed by atoms with van der Waals surface area (Å²) in [5.74, 6) is -0.815. The summed E-state index contributed by atoms with van der Waals surface area (Å²) >= 11 is 0. The number of nitrogens with zero attached hydrogens (tertiary/aromatic N) is 1. The highest BCUT2D eigenvalue weighted by Crippen LogP contribution is 2.30. The van der Waals surface area contributed by atoms with Crippen molar-refractivity contribution in [3.05, 3.63) is 0 Å². The normalized spacial score (nSPS) is 26.4. The van der Waals surface area contributed by atoms with Gasteiger partial charge >= 0.3 is 6.30 Å². The SMILES string of the molecule is CC1CCC(=O)N1C(F)(F)F. The smallest absolute Gasteiger partial charge is 0.275 e. The number of hydrogen-bond acceptors (Lipinski definition) is 1. The standard InChI is InChI=1S/C6H8F3NO/c1-4-2-3-5(11)10(4)6(7,8)9/h4H,2-3H2,1H3. The average Bonchev–Trinajstić information content (AvgIpc) is 2.08. The molecule has 0 bridgehead atoms. The fraction of sp³-hybridized carbons (Fsp3) is 0.833. The third-order valence-corrected chi connectivity index (χ3v) is 1.76. The summed E-state index contributed by atoms with van der Waals surface area (Å²) < 4.78 is 35.9. The molecule has 1 saturated heterocycles. The first-order valence-electron chi connectivity index (χ1n) is 3.32. The van der Waals surface area contributed by atoms with E-state index in [2.05, 4.69) is 0 Å². The van der Waals surface area contributed by atoms with Crippen molar-refractivity contribution in [2.24, 2.45) is 0 Å². The molecule has 0 radical (unpaired) electrons. The van der Waals surface area contributed by atoms with Crippen molar-refractivity contribution in [3.63, 3.8) is 0 Å². The molecule has 1 rings (SSSR count). The van der Waals surface area contributed by atoms with Gasteiger partial charge in [-0.2, -0.15) is 0 Å². The number of hydrogen-bond donors (Lipinski definition) is 0. The lowest BCUT2D eigenvalue weighted by Gasteiger charge is -2.23. The molecule has 1 aliphatic heterocycles. The van der Waals surface area contributed by atoms with E-state index in [-0.39, 0.29) is 11.3 Å². The van der Waals surface area contributed by atoms with Crippen molar-refractivity contribution in [2.45, 2.75) is 32.1 Å². The maximum atomic E-state index is 12.0. The van der Waals surface area contributed by atoms with E-state index < -0.39 is 18.2 Å². The van der Waals surface area contributed by atoms with Gasteiger partial charge in [0.15, 0.2) is 0 Å². The van der Waals surface area contributed by atoms with E-state index in [1.165, 1.54) is 6.92 Å². The van der Waals surface area contributed by atoms with E-state index in [0.29, 0.717) is 6.42 Å². The summed E-state index contributed by atoms with van der Waals surface area (Å²) in [6.07, 6.45) is -4.17. The van der Waals surface area contributed by atoms with Gasteiger partial charge in [-0.1, -0.05) is 0 Å². The topological polar surface area (TPSA) is 20.3 Å². The first-order chi connectivity index (χ1) is 4.93. The van der Waals surface area contributed by atoms with Gasteiger partial charge in [0.25, 0.3) is 0 Å². The maximum absolute atomic E-state index is 12.0. The Labute approximate surface area is 62.0 Å². The number of rotatable bonds is 0. The van der Waals surface area contributed by atoms with Crippen LogP contribution in [0.4, 0.5) is 13.2 Å². The Balaban J connectivity index is 2.77. The molecule has 0 spiro atoms. The molecule has 64 valence electrons. The molecule has 11 heavy (non-hydrogen) atoms. The van der Waals surface area contributed by atoms with Crippen molar-refractivity contribution in [1.82, 2.24) is 4.90 Å². The molecule has 1 heterocycles. The molecule has 0 aromatic heterocycles. The molecule has 1 amide bonds. The minimum absolute atomic E-state index is 0.00694. The lowest BCUT2D eigenvalue weighted by Crippen LogP contribution is -2.43. The van der Waals surface area contributed by atoms with Crippen LogP contribution in [-0.4, -0.2) is 23.1 Å². The van der Waals surface area contributed by atoms with Gasteiger partial charge in [0, 0.05) is 12.5 Å². The second-order valence-electron chi connectivity index (χ2n) is 2.62. The van der Waals surface area contributed by atoms with Crippen molar-refractivity contribution >= 4 is 5.91 Å². The average molecular weight is 167 g/mol. The lowest BCUT2D eigenvalue weighted by atomic mass is 10.2. The van der Waals surface area contributed by atoms with Gasteiger partial charge in [-0.15, -0.1) is 13.2 Å². The monoisotopic (exact) mass is 167 g/mol. The molecule has 5 heteroatoms. The highest BCUT2D eigenvalue weighted by molar-refractivity contribution is 5.78. The fourth-order valence-electron chi connectivity index (χ4n) is 1.22. The zero-order chi connectivity index (χ0) is 8.65. The Morgan fingerprint density at radius 2 is 2.09 bits per heavy atom. The Bertz CT molecular complexity index is 177. The van der Waals surface area contributed by atoms with Crippen LogP contribution in [0.25, 0.3) is 0 Å². The molecule has 0 aliphatic carbocycles. The van der Waals surface area contributed by atoms with Crippen LogP contribution in [0, 0.1) is 0 Å². The summed E-state index contributed by atoms with van der Waals surface area (Å²) in [4.78, 5) is 10.6. The Kier molecular flexibility index (Phi) is 1.82. The van der Waals surface area contributed by atoms with Crippen LogP contribution in [0.3, 0.4) is 0 Å². The Hall–Kier alpha value is -0.740. The molecule has 1 unspecified atom stereocenters. The summed E-state index contributed by atoms with van der Waals surface area (Å²) in [7, 11) is 0. The number of halogens is 3. The maximum Gasteiger partial charge on any atom is 0.487 e. The molecule has 0 saturated carbocycles. The Morgan fingerprint density at radius 3 is 2.27 bits per heavy atom. The zero-order valence-corrected chi connectivity index (χ0v) is 5.98. The summed E-state index contributed by atoms with van der Waals surface area (Å²) in [6, 6.07) is -0.692. The summed E-state index contributed by atoms with van der Waals surface area (Å²) in [5.41, 5.74) is 0. The van der Waals surface area contributed by atoms with Crippen molar-refractivity contribution in [2.75, 3.05) is 0 Å². The highest BCUT2D eigenvalue weighted by Gasteiger charge is 2.46. The summed E-state index contributed by atoms with van der Waals surface area (Å²) in [6.45, 7) is 1.40. The van der Waals surface area contributed by atoms with E-state index in [1.54, 1.807) is 0 Å². The molecular formula is C6H8F3NO. The molecule has 1 fully saturated rings. The largest absolute Gasteiger partial charge is 0.487 e. The van der Waals surface area contributed by atoms with Gasteiger partial charge in [-0.25, -0.2) is 0 Å². The quantitative estimate of drug-likeness (QED) is 0.501. The number of likely N-dealkylation sites (tertiary alicyclic amines) is 1. The second kappa shape index (κ2) is 2.39. The first-order valence-corrected chi connectivity index (χ1v) is 3.32. The van der Waals surface area contributed by atoms with Crippen LogP contribution in [0.2, 0.25) is 0 Å². The van der Waals surface area contributed by atoms with E-state index in [9.17, 15) is 18.0 Å². The van der Waals surface area contributed by atoms with Gasteiger partial charge in [0.2, 0.25) is 5.91 Å². The van der Waals surface area contributed by atoms with Crippen LogP contribution < -0.4 is 0 Å². The summed E-state index contributed by atoms with van der Waals surface area (Å²) in [5, 5.41) is 0. The predicted octanol–water partition coefficient (Wildman–Crippen LogP) is 1.52. The molecule has 2 nitrogen and oxygen atoms in total. The number of carbonyl (C=O) groups is 1. The van der Waals surface area contributed by atoms with Crippen molar-refractivity contribution in [3.8, 4) is 0 Å². The van der Waals surface area contributed by atoms with E-state index in [1.807, 2.05) is 0 Å². The van der Waals surface area contributed by atoms with Crippen LogP contribution in [0.15, 0.2) is 0 Å². The fourth-order valence-corrected chi connectivity index (χ4v) is 1.22.